The molecule has 0 bridgehead atoms. The Bertz CT molecular complexity index is 1050. The Morgan fingerprint density at radius 1 is 1.12 bits per heavy atom. The zero-order chi connectivity index (χ0) is 22.3. The number of amides is 1. The SMILES string of the molecule is O=C(NCCN1CCOCC1)c1csc(-c2ccc(OCc3ccc(Cl)c(Cl)c3)cc2)n1. The van der Waals surface area contributed by atoms with E-state index in [0.717, 1.165) is 54.7 Å². The Morgan fingerprint density at radius 2 is 1.91 bits per heavy atom. The second-order valence-electron chi connectivity index (χ2n) is 7.31. The highest BCUT2D eigenvalue weighted by Crippen LogP contribution is 2.27. The third-order valence-electron chi connectivity index (χ3n) is 5.04. The molecular formula is C23H23Cl2N3O3S. The normalized spacial score (nSPS) is 14.3. The Morgan fingerprint density at radius 3 is 2.66 bits per heavy atom. The third kappa shape index (κ3) is 6.21. The van der Waals surface area contributed by atoms with Crippen LogP contribution in [-0.4, -0.2) is 55.2 Å². The number of nitrogens with one attached hydrogen (secondary N) is 1. The van der Waals surface area contributed by atoms with Crippen LogP contribution in [0.1, 0.15) is 16.1 Å². The average Bonchev–Trinajstić information content (AvgIpc) is 3.31. The molecule has 2 aromatic carbocycles. The van der Waals surface area contributed by atoms with E-state index < -0.39 is 0 Å². The molecule has 1 aliphatic heterocycles. The Balaban J connectivity index is 1.28. The van der Waals surface area contributed by atoms with Gasteiger partial charge >= 0.3 is 0 Å². The summed E-state index contributed by atoms with van der Waals surface area (Å²) < 4.78 is 11.2. The summed E-state index contributed by atoms with van der Waals surface area (Å²) in [6, 6.07) is 13.1. The van der Waals surface area contributed by atoms with Crippen molar-refractivity contribution in [2.45, 2.75) is 6.61 Å². The molecule has 3 aromatic rings. The van der Waals surface area contributed by atoms with Gasteiger partial charge in [-0.15, -0.1) is 11.3 Å². The van der Waals surface area contributed by atoms with Gasteiger partial charge in [0.15, 0.2) is 0 Å². The van der Waals surface area contributed by atoms with Crippen LogP contribution >= 0.6 is 34.5 Å². The summed E-state index contributed by atoms with van der Waals surface area (Å²) in [5.41, 5.74) is 2.31. The number of ether oxygens (including phenoxy) is 2. The number of hydrogen-bond acceptors (Lipinski definition) is 6. The Kier molecular flexibility index (Phi) is 8.00. The van der Waals surface area contributed by atoms with Crippen LogP contribution in [0, 0.1) is 0 Å². The van der Waals surface area contributed by atoms with E-state index in [1.807, 2.05) is 30.3 Å². The van der Waals surface area contributed by atoms with Gasteiger partial charge in [0.2, 0.25) is 0 Å². The largest absolute Gasteiger partial charge is 0.489 e. The predicted octanol–water partition coefficient (Wildman–Crippen LogP) is 4.76. The number of halogens is 2. The van der Waals surface area contributed by atoms with Crippen LogP contribution in [0.2, 0.25) is 10.0 Å². The zero-order valence-electron chi connectivity index (χ0n) is 17.4. The van der Waals surface area contributed by atoms with Gasteiger partial charge in [0.05, 0.1) is 23.3 Å². The molecule has 1 amide bonds. The van der Waals surface area contributed by atoms with E-state index in [9.17, 15) is 4.79 Å². The summed E-state index contributed by atoms with van der Waals surface area (Å²) in [4.78, 5) is 19.2. The topological polar surface area (TPSA) is 63.7 Å². The fourth-order valence-corrected chi connectivity index (χ4v) is 4.37. The van der Waals surface area contributed by atoms with Gasteiger partial charge in [-0.25, -0.2) is 4.98 Å². The van der Waals surface area contributed by atoms with Gasteiger partial charge in [-0.2, -0.15) is 0 Å². The van der Waals surface area contributed by atoms with Crippen molar-refractivity contribution in [1.29, 1.82) is 0 Å². The lowest BCUT2D eigenvalue weighted by Gasteiger charge is -2.26. The van der Waals surface area contributed by atoms with Gasteiger partial charge in [0.1, 0.15) is 23.1 Å². The van der Waals surface area contributed by atoms with Crippen molar-refractivity contribution in [3.8, 4) is 16.3 Å². The van der Waals surface area contributed by atoms with Crippen molar-refractivity contribution in [3.05, 3.63) is 69.1 Å². The minimum Gasteiger partial charge on any atom is -0.489 e. The zero-order valence-corrected chi connectivity index (χ0v) is 19.7. The van der Waals surface area contributed by atoms with Crippen LogP contribution in [0.25, 0.3) is 10.6 Å². The molecule has 0 atom stereocenters. The third-order valence-corrected chi connectivity index (χ3v) is 6.68. The number of rotatable bonds is 8. The first kappa shape index (κ1) is 23.0. The minimum absolute atomic E-state index is 0.151. The summed E-state index contributed by atoms with van der Waals surface area (Å²) >= 11 is 13.4. The van der Waals surface area contributed by atoms with Crippen molar-refractivity contribution in [2.24, 2.45) is 0 Å². The van der Waals surface area contributed by atoms with Crippen molar-refractivity contribution >= 4 is 40.4 Å². The van der Waals surface area contributed by atoms with Gasteiger partial charge in [0, 0.05) is 37.1 Å². The van der Waals surface area contributed by atoms with Crippen molar-refractivity contribution < 1.29 is 14.3 Å². The number of aromatic nitrogens is 1. The number of morpholine rings is 1. The second-order valence-corrected chi connectivity index (χ2v) is 8.98. The van der Waals surface area contributed by atoms with Crippen LogP contribution in [0.5, 0.6) is 5.75 Å². The molecule has 4 rings (SSSR count). The minimum atomic E-state index is -0.151. The predicted molar refractivity (Wildman–Crippen MR) is 128 cm³/mol. The van der Waals surface area contributed by atoms with Crippen LogP contribution in [-0.2, 0) is 11.3 Å². The van der Waals surface area contributed by atoms with Crippen molar-refractivity contribution in [1.82, 2.24) is 15.2 Å². The van der Waals surface area contributed by atoms with Crippen LogP contribution < -0.4 is 10.1 Å². The molecule has 1 saturated heterocycles. The fourth-order valence-electron chi connectivity index (χ4n) is 3.24. The molecule has 168 valence electrons. The molecule has 1 aliphatic rings. The summed E-state index contributed by atoms with van der Waals surface area (Å²) in [7, 11) is 0. The molecule has 2 heterocycles. The van der Waals surface area contributed by atoms with Crippen LogP contribution in [0.3, 0.4) is 0 Å². The Hall–Kier alpha value is -2.16. The molecule has 0 radical (unpaired) electrons. The number of carbonyl (C=O) groups excluding carboxylic acids is 1. The van der Waals surface area contributed by atoms with E-state index in [-0.39, 0.29) is 5.91 Å². The summed E-state index contributed by atoms with van der Waals surface area (Å²) in [5.74, 6) is 0.583. The van der Waals surface area contributed by atoms with Gasteiger partial charge in [-0.3, -0.25) is 9.69 Å². The Labute approximate surface area is 201 Å². The number of nitrogens with zero attached hydrogens (tertiary/aromatic N) is 2. The monoisotopic (exact) mass is 491 g/mol. The first-order chi connectivity index (χ1) is 15.6. The fraction of sp³-hybridized carbons (Fsp3) is 0.304. The lowest BCUT2D eigenvalue weighted by atomic mass is 10.2. The second kappa shape index (κ2) is 11.1. The number of hydrogen-bond donors (Lipinski definition) is 1. The van der Waals surface area contributed by atoms with Gasteiger partial charge in [-0.05, 0) is 42.0 Å². The summed E-state index contributed by atoms with van der Waals surface area (Å²) in [5, 5.41) is 6.55. The molecule has 1 fully saturated rings. The molecule has 0 spiro atoms. The molecule has 32 heavy (non-hydrogen) atoms. The molecule has 0 aliphatic carbocycles. The molecular weight excluding hydrogens is 469 g/mol. The van der Waals surface area contributed by atoms with E-state index in [0.29, 0.717) is 28.9 Å². The van der Waals surface area contributed by atoms with E-state index in [4.69, 9.17) is 32.7 Å². The maximum absolute atomic E-state index is 12.4. The van der Waals surface area contributed by atoms with Crippen LogP contribution in [0.4, 0.5) is 0 Å². The van der Waals surface area contributed by atoms with Gasteiger partial charge in [-0.1, -0.05) is 29.3 Å². The summed E-state index contributed by atoms with van der Waals surface area (Å²) in [6.45, 7) is 5.12. The highest BCUT2D eigenvalue weighted by Gasteiger charge is 2.14. The molecule has 9 heteroatoms. The molecule has 1 aromatic heterocycles. The smallest absolute Gasteiger partial charge is 0.270 e. The first-order valence-corrected chi connectivity index (χ1v) is 11.9. The summed E-state index contributed by atoms with van der Waals surface area (Å²) in [6.07, 6.45) is 0. The van der Waals surface area contributed by atoms with E-state index in [1.165, 1.54) is 11.3 Å². The van der Waals surface area contributed by atoms with Crippen molar-refractivity contribution in [3.63, 3.8) is 0 Å². The maximum Gasteiger partial charge on any atom is 0.270 e. The highest BCUT2D eigenvalue weighted by atomic mass is 35.5. The number of thiazole rings is 1. The van der Waals surface area contributed by atoms with Gasteiger partial charge in [0.25, 0.3) is 5.91 Å². The quantitative estimate of drug-likeness (QED) is 0.492. The standard InChI is InChI=1S/C23H23Cl2N3O3S/c24-19-6-1-16(13-20(19)25)14-31-18-4-2-17(3-5-18)23-27-21(15-32-23)22(29)26-7-8-28-9-11-30-12-10-28/h1-6,13,15H,7-12,14H2,(H,26,29). The van der Waals surface area contributed by atoms with E-state index >= 15 is 0 Å². The number of carbonyl (C=O) groups is 1. The van der Waals surface area contributed by atoms with E-state index in [2.05, 4.69) is 15.2 Å². The van der Waals surface area contributed by atoms with Crippen molar-refractivity contribution in [2.75, 3.05) is 39.4 Å². The lowest BCUT2D eigenvalue weighted by molar-refractivity contribution is 0.0383. The molecule has 1 N–H and O–H groups in total. The highest BCUT2D eigenvalue weighted by molar-refractivity contribution is 7.13. The molecule has 6 nitrogen and oxygen atoms in total. The lowest BCUT2D eigenvalue weighted by Crippen LogP contribution is -2.41. The number of benzene rings is 2. The molecule has 0 saturated carbocycles. The molecule has 0 unspecified atom stereocenters. The van der Waals surface area contributed by atoms with Crippen LogP contribution in [0.15, 0.2) is 47.8 Å². The average molecular weight is 492 g/mol. The maximum atomic E-state index is 12.4. The first-order valence-electron chi connectivity index (χ1n) is 10.3. The van der Waals surface area contributed by atoms with E-state index in [1.54, 1.807) is 17.5 Å². The van der Waals surface area contributed by atoms with Gasteiger partial charge < -0.3 is 14.8 Å².